The summed E-state index contributed by atoms with van der Waals surface area (Å²) in [7, 11) is 0. The smallest absolute Gasteiger partial charge is 0.330 e. The Labute approximate surface area is 235 Å². The van der Waals surface area contributed by atoms with Crippen molar-refractivity contribution in [2.75, 3.05) is 39.3 Å². The monoisotopic (exact) mass is 572 g/mol. The number of nitrogens with one attached hydrogen (secondary N) is 1. The fourth-order valence-corrected chi connectivity index (χ4v) is 5.28. The van der Waals surface area contributed by atoms with Crippen LogP contribution in [0.2, 0.25) is 0 Å². The molecule has 210 valence electrons. The summed E-state index contributed by atoms with van der Waals surface area (Å²) in [5.74, 6) is -1.74. The topological polar surface area (TPSA) is 38.8 Å². The second-order valence-corrected chi connectivity index (χ2v) is 10.4. The fraction of sp³-hybridized carbons (Fsp3) is 0.536. The second-order valence-electron chi connectivity index (χ2n) is 10.4. The molecule has 0 aromatic heterocycles. The van der Waals surface area contributed by atoms with Crippen LogP contribution in [-0.4, -0.2) is 66.1 Å². The quantitative estimate of drug-likeness (QED) is 0.575. The zero-order valence-electron chi connectivity index (χ0n) is 21.6. The lowest BCUT2D eigenvalue weighted by molar-refractivity contribution is -0.186. The van der Waals surface area contributed by atoms with Gasteiger partial charge >= 0.3 is 12.1 Å². The highest BCUT2D eigenvalue weighted by Crippen LogP contribution is 2.26. The van der Waals surface area contributed by atoms with E-state index >= 15 is 0 Å². The number of hydrogen-bond acceptors (Lipinski definition) is 4. The number of fused-ring (bicyclic) bond motifs is 2. The highest BCUT2D eigenvalue weighted by molar-refractivity contribution is 5.85. The Morgan fingerprint density at radius 1 is 0.763 bits per heavy atom. The van der Waals surface area contributed by atoms with Crippen LogP contribution in [0.15, 0.2) is 36.4 Å². The van der Waals surface area contributed by atoms with E-state index < -0.39 is 12.1 Å². The van der Waals surface area contributed by atoms with Crippen molar-refractivity contribution >= 4 is 30.7 Å². The molecule has 0 unspecified atom stereocenters. The van der Waals surface area contributed by atoms with E-state index in [2.05, 4.69) is 39.4 Å². The minimum absolute atomic E-state index is 0. The summed E-state index contributed by atoms with van der Waals surface area (Å²) in [5.41, 5.74) is 7.64. The van der Waals surface area contributed by atoms with Crippen molar-refractivity contribution in [1.29, 1.82) is 0 Å². The molecule has 0 aliphatic carbocycles. The largest absolute Gasteiger partial charge is 0.471 e. The Kier molecular flexibility index (Phi) is 10.9. The Balaban J connectivity index is 0.000000209. The van der Waals surface area contributed by atoms with Gasteiger partial charge in [0.1, 0.15) is 0 Å². The first-order valence-corrected chi connectivity index (χ1v) is 13.1. The lowest BCUT2D eigenvalue weighted by Crippen LogP contribution is -2.43. The molecule has 4 heterocycles. The predicted octanol–water partition coefficient (Wildman–Crippen LogP) is 4.72. The molecule has 0 spiro atoms. The van der Waals surface area contributed by atoms with Crippen LogP contribution in [0.1, 0.15) is 46.2 Å². The van der Waals surface area contributed by atoms with Gasteiger partial charge in [-0.2, -0.15) is 13.2 Å². The molecule has 4 aliphatic rings. The first kappa shape index (κ1) is 30.7. The van der Waals surface area contributed by atoms with Gasteiger partial charge in [0.2, 0.25) is 0 Å². The molecule has 1 N–H and O–H groups in total. The maximum Gasteiger partial charge on any atom is 0.471 e. The lowest BCUT2D eigenvalue weighted by Gasteiger charge is -2.32. The molecule has 0 atom stereocenters. The summed E-state index contributed by atoms with van der Waals surface area (Å²) in [6.45, 7) is 9.25. The van der Waals surface area contributed by atoms with Crippen LogP contribution in [0.25, 0.3) is 0 Å². The molecule has 0 radical (unpaired) electrons. The van der Waals surface area contributed by atoms with E-state index in [0.717, 1.165) is 55.3 Å². The Hall–Kier alpha value is -1.84. The molecular formula is C28H37Cl2F3N4O. The SMILES string of the molecule is Cl.Cl.O=C(N1CCc2cc(CN3CCC3)ccc2C1)C(F)(F)F.c1cc2c(cc1CN1CCC1)CCNC2. The van der Waals surface area contributed by atoms with Crippen molar-refractivity contribution in [3.8, 4) is 0 Å². The van der Waals surface area contributed by atoms with Crippen LogP contribution < -0.4 is 5.32 Å². The number of carbonyl (C=O) groups excluding carboxylic acids is 1. The lowest BCUT2D eigenvalue weighted by atomic mass is 9.96. The van der Waals surface area contributed by atoms with Crippen LogP contribution in [-0.2, 0) is 43.8 Å². The van der Waals surface area contributed by atoms with Crippen molar-refractivity contribution in [3.05, 3.63) is 69.8 Å². The standard InChI is InChI=1S/C15H17F3N2O.C13H18N2.2ClH/c16-15(17,18)14(21)20-7-4-12-8-11(2-3-13(12)10-20)9-19-5-1-6-19;1-6-15(7-1)10-11-2-3-13-9-14-5-4-12(13)8-11;;/h2-3,8H,1,4-7,9-10H2;2-3,8,14H,1,4-7,9-10H2;2*1H. The van der Waals surface area contributed by atoms with E-state index in [1.165, 1.54) is 49.0 Å². The summed E-state index contributed by atoms with van der Waals surface area (Å²) < 4.78 is 37.4. The van der Waals surface area contributed by atoms with E-state index in [1.54, 1.807) is 5.56 Å². The van der Waals surface area contributed by atoms with Gasteiger partial charge in [-0.1, -0.05) is 36.4 Å². The maximum absolute atomic E-state index is 12.5. The van der Waals surface area contributed by atoms with E-state index in [4.69, 9.17) is 0 Å². The first-order chi connectivity index (χ1) is 17.3. The molecule has 2 aromatic carbocycles. The van der Waals surface area contributed by atoms with Crippen molar-refractivity contribution in [3.63, 3.8) is 0 Å². The van der Waals surface area contributed by atoms with Crippen LogP contribution >= 0.6 is 24.8 Å². The number of rotatable bonds is 4. The fourth-order valence-electron chi connectivity index (χ4n) is 5.28. The minimum Gasteiger partial charge on any atom is -0.330 e. The number of likely N-dealkylation sites (tertiary alicyclic amines) is 2. The van der Waals surface area contributed by atoms with Crippen LogP contribution in [0.4, 0.5) is 13.2 Å². The third-order valence-electron chi connectivity index (χ3n) is 7.68. The number of nitrogens with zero attached hydrogens (tertiary/aromatic N) is 3. The summed E-state index contributed by atoms with van der Waals surface area (Å²) in [6, 6.07) is 12.9. The molecule has 0 saturated carbocycles. The molecule has 38 heavy (non-hydrogen) atoms. The molecular weight excluding hydrogens is 536 g/mol. The summed E-state index contributed by atoms with van der Waals surface area (Å²) >= 11 is 0. The van der Waals surface area contributed by atoms with Gasteiger partial charge < -0.3 is 10.2 Å². The molecule has 6 rings (SSSR count). The molecule has 2 aromatic rings. The molecule has 10 heteroatoms. The number of amides is 1. The molecule has 1 amide bonds. The number of halogens is 5. The van der Waals surface area contributed by atoms with Gasteiger partial charge in [0.05, 0.1) is 0 Å². The molecule has 5 nitrogen and oxygen atoms in total. The zero-order chi connectivity index (χ0) is 25.1. The van der Waals surface area contributed by atoms with Crippen LogP contribution in [0, 0.1) is 0 Å². The van der Waals surface area contributed by atoms with Crippen molar-refractivity contribution in [1.82, 2.24) is 20.0 Å². The first-order valence-electron chi connectivity index (χ1n) is 13.1. The van der Waals surface area contributed by atoms with E-state index in [1.807, 2.05) is 12.1 Å². The second kappa shape index (κ2) is 13.5. The van der Waals surface area contributed by atoms with Gasteiger partial charge in [-0.05, 0) is 91.8 Å². The van der Waals surface area contributed by atoms with Gasteiger partial charge in [-0.25, -0.2) is 0 Å². The number of hydrogen-bond donors (Lipinski definition) is 1. The highest BCUT2D eigenvalue weighted by Gasteiger charge is 2.43. The normalized spacial score (nSPS) is 18.8. The summed E-state index contributed by atoms with van der Waals surface area (Å²) in [6.07, 6.45) is -0.475. The summed E-state index contributed by atoms with van der Waals surface area (Å²) in [5, 5.41) is 3.41. The average Bonchev–Trinajstić information content (AvgIpc) is 2.82. The van der Waals surface area contributed by atoms with Gasteiger partial charge in [0, 0.05) is 32.7 Å². The van der Waals surface area contributed by atoms with E-state index in [-0.39, 0.29) is 37.9 Å². The molecule has 4 aliphatic heterocycles. The molecule has 2 saturated heterocycles. The Morgan fingerprint density at radius 2 is 1.32 bits per heavy atom. The van der Waals surface area contributed by atoms with Crippen molar-refractivity contribution in [2.24, 2.45) is 0 Å². The third kappa shape index (κ3) is 7.63. The number of alkyl halides is 3. The minimum atomic E-state index is -4.78. The zero-order valence-corrected chi connectivity index (χ0v) is 23.2. The van der Waals surface area contributed by atoms with Gasteiger partial charge in [-0.3, -0.25) is 14.6 Å². The van der Waals surface area contributed by atoms with E-state index in [9.17, 15) is 18.0 Å². The molecule has 2 fully saturated rings. The molecule has 0 bridgehead atoms. The van der Waals surface area contributed by atoms with Crippen LogP contribution in [0.5, 0.6) is 0 Å². The Bertz CT molecular complexity index is 1090. The maximum atomic E-state index is 12.5. The highest BCUT2D eigenvalue weighted by atomic mass is 35.5. The Morgan fingerprint density at radius 3 is 1.84 bits per heavy atom. The van der Waals surface area contributed by atoms with Gasteiger partial charge in [0.15, 0.2) is 0 Å². The summed E-state index contributed by atoms with van der Waals surface area (Å²) in [4.78, 5) is 17.0. The number of benzene rings is 2. The van der Waals surface area contributed by atoms with Crippen molar-refractivity contribution in [2.45, 2.75) is 58.0 Å². The number of carbonyl (C=O) groups is 1. The van der Waals surface area contributed by atoms with E-state index in [0.29, 0.717) is 6.42 Å². The third-order valence-corrected chi connectivity index (χ3v) is 7.68. The predicted molar refractivity (Wildman–Crippen MR) is 148 cm³/mol. The average molecular weight is 574 g/mol. The van der Waals surface area contributed by atoms with Crippen LogP contribution in [0.3, 0.4) is 0 Å². The van der Waals surface area contributed by atoms with Gasteiger partial charge in [0.25, 0.3) is 0 Å². The van der Waals surface area contributed by atoms with Gasteiger partial charge in [-0.15, -0.1) is 24.8 Å². The van der Waals surface area contributed by atoms with Crippen molar-refractivity contribution < 1.29 is 18.0 Å².